The van der Waals surface area contributed by atoms with Crippen LogP contribution in [0.2, 0.25) is 0 Å². The van der Waals surface area contributed by atoms with Crippen LogP contribution in [-0.4, -0.2) is 36.9 Å². The first-order valence-electron chi connectivity index (χ1n) is 9.08. The van der Waals surface area contributed by atoms with E-state index in [9.17, 15) is 14.0 Å². The predicted molar refractivity (Wildman–Crippen MR) is 101 cm³/mol. The molecule has 3 rings (SSSR count). The molecule has 0 unspecified atom stereocenters. The zero-order chi connectivity index (χ0) is 19.2. The number of benzene rings is 2. The first-order chi connectivity index (χ1) is 13.1. The van der Waals surface area contributed by atoms with Crippen molar-refractivity contribution in [2.75, 3.05) is 25.5 Å². The Hall–Kier alpha value is -2.89. The van der Waals surface area contributed by atoms with Crippen LogP contribution >= 0.6 is 0 Å². The molecule has 0 aliphatic carbocycles. The predicted octanol–water partition coefficient (Wildman–Crippen LogP) is 3.64. The first-order valence-corrected chi connectivity index (χ1v) is 9.08. The minimum Gasteiger partial charge on any atom is -0.494 e. The van der Waals surface area contributed by atoms with Crippen LogP contribution in [-0.2, 0) is 11.2 Å². The lowest BCUT2D eigenvalue weighted by molar-refractivity contribution is -0.116. The van der Waals surface area contributed by atoms with Gasteiger partial charge < -0.3 is 15.0 Å². The van der Waals surface area contributed by atoms with Gasteiger partial charge in [-0.05, 0) is 61.2 Å². The summed E-state index contributed by atoms with van der Waals surface area (Å²) in [4.78, 5) is 26.3. The number of ether oxygens (including phenoxy) is 1. The van der Waals surface area contributed by atoms with Gasteiger partial charge in [0.05, 0.1) is 7.11 Å². The van der Waals surface area contributed by atoms with Crippen LogP contribution in [0.3, 0.4) is 0 Å². The van der Waals surface area contributed by atoms with E-state index in [2.05, 4.69) is 5.32 Å². The number of aryl methyl sites for hydroxylation is 1. The van der Waals surface area contributed by atoms with Crippen molar-refractivity contribution in [3.8, 4) is 5.75 Å². The summed E-state index contributed by atoms with van der Waals surface area (Å²) in [6, 6.07) is 11.6. The summed E-state index contributed by atoms with van der Waals surface area (Å²) in [5.74, 6) is -0.378. The molecule has 0 spiro atoms. The SMILES string of the molecule is COc1ccc(CCC(=O)Nc2ccc(C(=O)N3CCCC3)cc2)cc1F. The molecule has 2 amide bonds. The molecular weight excluding hydrogens is 347 g/mol. The van der Waals surface area contributed by atoms with Crippen LogP contribution in [0.5, 0.6) is 5.75 Å². The third-order valence-corrected chi connectivity index (χ3v) is 4.67. The Kier molecular flexibility index (Phi) is 6.06. The third-order valence-electron chi connectivity index (χ3n) is 4.67. The fourth-order valence-electron chi connectivity index (χ4n) is 3.15. The number of nitrogens with one attached hydrogen (secondary N) is 1. The number of hydrogen-bond acceptors (Lipinski definition) is 3. The molecule has 6 heteroatoms. The van der Waals surface area contributed by atoms with Gasteiger partial charge in [-0.2, -0.15) is 0 Å². The van der Waals surface area contributed by atoms with E-state index >= 15 is 0 Å². The van der Waals surface area contributed by atoms with E-state index in [1.54, 1.807) is 36.4 Å². The molecule has 0 radical (unpaired) electrons. The van der Waals surface area contributed by atoms with Crippen molar-refractivity contribution < 1.29 is 18.7 Å². The Bertz CT molecular complexity index is 815. The van der Waals surface area contributed by atoms with E-state index in [0.29, 0.717) is 17.7 Å². The van der Waals surface area contributed by atoms with Gasteiger partial charge in [0.1, 0.15) is 0 Å². The van der Waals surface area contributed by atoms with Crippen LogP contribution in [0.1, 0.15) is 35.2 Å². The molecule has 1 N–H and O–H groups in total. The van der Waals surface area contributed by atoms with Crippen LogP contribution < -0.4 is 10.1 Å². The number of amides is 2. The van der Waals surface area contributed by atoms with Crippen LogP contribution in [0.4, 0.5) is 10.1 Å². The lowest BCUT2D eigenvalue weighted by atomic mass is 10.1. The molecule has 1 heterocycles. The number of halogens is 1. The molecule has 0 aromatic heterocycles. The lowest BCUT2D eigenvalue weighted by Gasteiger charge is -2.15. The minimum absolute atomic E-state index is 0.0342. The van der Waals surface area contributed by atoms with Gasteiger partial charge in [-0.3, -0.25) is 9.59 Å². The van der Waals surface area contributed by atoms with Crippen molar-refractivity contribution in [1.29, 1.82) is 0 Å². The van der Waals surface area contributed by atoms with Crippen molar-refractivity contribution in [2.24, 2.45) is 0 Å². The summed E-state index contributed by atoms with van der Waals surface area (Å²) >= 11 is 0. The molecule has 2 aromatic rings. The van der Waals surface area contributed by atoms with Crippen LogP contribution in [0.25, 0.3) is 0 Å². The molecule has 142 valence electrons. The third kappa shape index (κ3) is 4.84. The molecule has 27 heavy (non-hydrogen) atoms. The van der Waals surface area contributed by atoms with Crippen molar-refractivity contribution >= 4 is 17.5 Å². The second-order valence-corrected chi connectivity index (χ2v) is 6.59. The van der Waals surface area contributed by atoms with E-state index in [-0.39, 0.29) is 24.0 Å². The first kappa shape index (κ1) is 18.9. The average Bonchev–Trinajstić information content (AvgIpc) is 3.21. The normalized spacial score (nSPS) is 13.5. The van der Waals surface area contributed by atoms with Gasteiger partial charge in [-0.25, -0.2) is 4.39 Å². The standard InChI is InChI=1S/C21H23FN2O3/c1-27-19-10-4-15(14-18(19)22)5-11-20(25)23-17-8-6-16(7-9-17)21(26)24-12-2-3-13-24/h4,6-10,14H,2-3,5,11-13H2,1H3,(H,23,25). The fourth-order valence-corrected chi connectivity index (χ4v) is 3.15. The molecule has 1 aliphatic heterocycles. The highest BCUT2D eigenvalue weighted by Crippen LogP contribution is 2.19. The summed E-state index contributed by atoms with van der Waals surface area (Å²) in [7, 11) is 1.41. The highest BCUT2D eigenvalue weighted by atomic mass is 19.1. The number of methoxy groups -OCH3 is 1. The summed E-state index contributed by atoms with van der Waals surface area (Å²) in [6.45, 7) is 1.62. The van der Waals surface area contributed by atoms with Gasteiger partial charge in [0.2, 0.25) is 5.91 Å². The number of rotatable bonds is 6. The second kappa shape index (κ2) is 8.66. The summed E-state index contributed by atoms with van der Waals surface area (Å²) in [5, 5.41) is 2.80. The van der Waals surface area contributed by atoms with Crippen LogP contribution in [0.15, 0.2) is 42.5 Å². The van der Waals surface area contributed by atoms with Crippen molar-refractivity contribution in [1.82, 2.24) is 4.90 Å². The molecule has 0 atom stereocenters. The zero-order valence-corrected chi connectivity index (χ0v) is 15.3. The zero-order valence-electron chi connectivity index (χ0n) is 15.3. The molecule has 1 saturated heterocycles. The molecule has 1 fully saturated rings. The van der Waals surface area contributed by atoms with Gasteiger partial charge >= 0.3 is 0 Å². The van der Waals surface area contributed by atoms with Gasteiger partial charge in [-0.15, -0.1) is 0 Å². The summed E-state index contributed by atoms with van der Waals surface area (Å²) in [5.41, 5.74) is 2.00. The molecular formula is C21H23FN2O3. The van der Waals surface area contributed by atoms with E-state index < -0.39 is 5.82 Å². The maximum atomic E-state index is 13.7. The largest absolute Gasteiger partial charge is 0.494 e. The maximum Gasteiger partial charge on any atom is 0.253 e. The number of anilines is 1. The Morgan fingerprint density at radius 3 is 2.44 bits per heavy atom. The summed E-state index contributed by atoms with van der Waals surface area (Å²) in [6.07, 6.45) is 2.77. The van der Waals surface area contributed by atoms with E-state index in [4.69, 9.17) is 4.74 Å². The molecule has 0 saturated carbocycles. The number of carbonyl (C=O) groups is 2. The Morgan fingerprint density at radius 1 is 1.11 bits per heavy atom. The van der Waals surface area contributed by atoms with Gasteiger partial charge in [0.25, 0.3) is 5.91 Å². The van der Waals surface area contributed by atoms with Crippen LogP contribution in [0, 0.1) is 5.82 Å². The molecule has 5 nitrogen and oxygen atoms in total. The smallest absolute Gasteiger partial charge is 0.253 e. The van der Waals surface area contributed by atoms with E-state index in [0.717, 1.165) is 31.5 Å². The average molecular weight is 370 g/mol. The Balaban J connectivity index is 1.51. The number of carbonyl (C=O) groups excluding carboxylic acids is 2. The molecule has 2 aromatic carbocycles. The quantitative estimate of drug-likeness (QED) is 0.845. The molecule has 1 aliphatic rings. The van der Waals surface area contributed by atoms with E-state index in [1.165, 1.54) is 13.2 Å². The second-order valence-electron chi connectivity index (χ2n) is 6.59. The number of nitrogens with zero attached hydrogens (tertiary/aromatic N) is 1. The van der Waals surface area contributed by atoms with Crippen molar-refractivity contribution in [3.05, 3.63) is 59.4 Å². The van der Waals surface area contributed by atoms with Crippen molar-refractivity contribution in [3.63, 3.8) is 0 Å². The number of likely N-dealkylation sites (tertiary alicyclic amines) is 1. The van der Waals surface area contributed by atoms with Gasteiger partial charge in [0.15, 0.2) is 11.6 Å². The topological polar surface area (TPSA) is 58.6 Å². The van der Waals surface area contributed by atoms with E-state index in [1.807, 2.05) is 4.90 Å². The molecule has 0 bridgehead atoms. The van der Waals surface area contributed by atoms with Crippen molar-refractivity contribution in [2.45, 2.75) is 25.7 Å². The Labute approximate surface area is 158 Å². The highest BCUT2D eigenvalue weighted by molar-refractivity contribution is 5.96. The minimum atomic E-state index is -0.436. The van der Waals surface area contributed by atoms with Gasteiger partial charge in [-0.1, -0.05) is 6.07 Å². The fraction of sp³-hybridized carbons (Fsp3) is 0.333. The number of hydrogen-bond donors (Lipinski definition) is 1. The lowest BCUT2D eigenvalue weighted by Crippen LogP contribution is -2.27. The summed E-state index contributed by atoms with van der Waals surface area (Å²) < 4.78 is 18.6. The maximum absolute atomic E-state index is 13.7. The highest BCUT2D eigenvalue weighted by Gasteiger charge is 2.19. The monoisotopic (exact) mass is 370 g/mol. The van der Waals surface area contributed by atoms with Gasteiger partial charge in [0, 0.05) is 30.8 Å². The Morgan fingerprint density at radius 2 is 1.81 bits per heavy atom.